The molecule has 3 nitrogen and oxygen atoms in total. The second-order valence-electron chi connectivity index (χ2n) is 4.70. The van der Waals surface area contributed by atoms with E-state index in [0.717, 1.165) is 4.88 Å². The summed E-state index contributed by atoms with van der Waals surface area (Å²) in [5.41, 5.74) is 0.342. The van der Waals surface area contributed by atoms with E-state index in [0.29, 0.717) is 10.6 Å². The Hall–Kier alpha value is -1.10. The molecule has 20 heavy (non-hydrogen) atoms. The molecule has 0 fully saturated rings. The highest BCUT2D eigenvalue weighted by molar-refractivity contribution is 7.10. The summed E-state index contributed by atoms with van der Waals surface area (Å²) in [6, 6.07) is 5.41. The first-order valence-electron chi connectivity index (χ1n) is 6.14. The molecule has 106 valence electrons. The number of nitrogens with one attached hydrogen (secondary N) is 1. The van der Waals surface area contributed by atoms with Crippen LogP contribution in [0.5, 0.6) is 0 Å². The summed E-state index contributed by atoms with van der Waals surface area (Å²) in [5, 5.41) is 5.54. The third kappa shape index (κ3) is 3.51. The zero-order chi connectivity index (χ0) is 14.7. The molecule has 0 saturated heterocycles. The Morgan fingerprint density at radius 2 is 2.15 bits per heavy atom. The number of aromatic nitrogens is 1. The molecule has 0 spiro atoms. The lowest BCUT2D eigenvalue weighted by atomic mass is 10.0. The number of amides is 1. The Morgan fingerprint density at radius 3 is 2.75 bits per heavy atom. The van der Waals surface area contributed by atoms with E-state index in [4.69, 9.17) is 23.2 Å². The molecule has 6 heteroatoms. The standard InChI is InChI=1S/C14H14Cl2N2OS/c1-8(2)13(11-4-3-5-20-11)18-14(19)9-6-12(16)17-7-10(9)15/h3-8,13H,1-2H3,(H,18,19). The average Bonchev–Trinajstić information content (AvgIpc) is 2.91. The van der Waals surface area contributed by atoms with Gasteiger partial charge in [-0.05, 0) is 23.4 Å². The van der Waals surface area contributed by atoms with Crippen molar-refractivity contribution in [1.29, 1.82) is 0 Å². The molecule has 2 rings (SSSR count). The minimum Gasteiger partial charge on any atom is -0.344 e. The van der Waals surface area contributed by atoms with Crippen molar-refractivity contribution in [2.24, 2.45) is 5.92 Å². The summed E-state index contributed by atoms with van der Waals surface area (Å²) in [4.78, 5) is 17.3. The van der Waals surface area contributed by atoms with E-state index < -0.39 is 0 Å². The molecule has 0 aromatic carbocycles. The molecule has 0 aliphatic heterocycles. The fourth-order valence-corrected chi connectivity index (χ4v) is 3.14. The van der Waals surface area contributed by atoms with E-state index in [1.54, 1.807) is 11.3 Å². The molecule has 1 N–H and O–H groups in total. The van der Waals surface area contributed by atoms with Crippen molar-refractivity contribution in [3.05, 3.63) is 50.4 Å². The third-order valence-corrected chi connectivity index (χ3v) is 4.33. The molecular weight excluding hydrogens is 315 g/mol. The van der Waals surface area contributed by atoms with Crippen molar-refractivity contribution in [1.82, 2.24) is 10.3 Å². The van der Waals surface area contributed by atoms with E-state index in [1.807, 2.05) is 17.5 Å². The average molecular weight is 329 g/mol. The van der Waals surface area contributed by atoms with Gasteiger partial charge in [-0.3, -0.25) is 4.79 Å². The second kappa shape index (κ2) is 6.57. The van der Waals surface area contributed by atoms with E-state index in [1.165, 1.54) is 12.3 Å². The molecule has 0 saturated carbocycles. The van der Waals surface area contributed by atoms with E-state index >= 15 is 0 Å². The Morgan fingerprint density at radius 1 is 1.40 bits per heavy atom. The molecular formula is C14H14Cl2N2OS. The van der Waals surface area contributed by atoms with Crippen LogP contribution in [-0.4, -0.2) is 10.9 Å². The van der Waals surface area contributed by atoms with Crippen molar-refractivity contribution in [2.75, 3.05) is 0 Å². The van der Waals surface area contributed by atoms with Crippen molar-refractivity contribution in [3.8, 4) is 0 Å². The second-order valence-corrected chi connectivity index (χ2v) is 6.47. The van der Waals surface area contributed by atoms with Crippen molar-refractivity contribution >= 4 is 40.4 Å². The van der Waals surface area contributed by atoms with Gasteiger partial charge in [-0.1, -0.05) is 43.1 Å². The Balaban J connectivity index is 2.23. The summed E-state index contributed by atoms with van der Waals surface area (Å²) in [5.74, 6) is 0.0279. The highest BCUT2D eigenvalue weighted by Crippen LogP contribution is 2.27. The minimum atomic E-state index is -0.244. The lowest BCUT2D eigenvalue weighted by Crippen LogP contribution is -2.31. The molecule has 1 atom stereocenters. The number of carbonyl (C=O) groups is 1. The summed E-state index contributed by atoms with van der Waals surface area (Å²) in [6.45, 7) is 4.12. The summed E-state index contributed by atoms with van der Waals surface area (Å²) in [7, 11) is 0. The van der Waals surface area contributed by atoms with Gasteiger partial charge in [0, 0.05) is 11.1 Å². The van der Waals surface area contributed by atoms with Crippen LogP contribution in [0.1, 0.15) is 35.1 Å². The number of nitrogens with zero attached hydrogens (tertiary/aromatic N) is 1. The van der Waals surface area contributed by atoms with Crippen LogP contribution in [0.15, 0.2) is 29.8 Å². The molecule has 1 amide bonds. The van der Waals surface area contributed by atoms with Crippen molar-refractivity contribution < 1.29 is 4.79 Å². The van der Waals surface area contributed by atoms with Gasteiger partial charge in [-0.2, -0.15) is 0 Å². The van der Waals surface area contributed by atoms with Crippen molar-refractivity contribution in [3.63, 3.8) is 0 Å². The van der Waals surface area contributed by atoms with Gasteiger partial charge in [-0.15, -0.1) is 11.3 Å². The maximum atomic E-state index is 12.4. The van der Waals surface area contributed by atoms with Gasteiger partial charge >= 0.3 is 0 Å². The van der Waals surface area contributed by atoms with Crippen LogP contribution in [0.4, 0.5) is 0 Å². The van der Waals surface area contributed by atoms with Crippen LogP contribution in [0.25, 0.3) is 0 Å². The van der Waals surface area contributed by atoms with Crippen LogP contribution in [0.3, 0.4) is 0 Å². The van der Waals surface area contributed by atoms with Gasteiger partial charge in [-0.25, -0.2) is 4.98 Å². The van der Waals surface area contributed by atoms with Crippen molar-refractivity contribution in [2.45, 2.75) is 19.9 Å². The number of hydrogen-bond donors (Lipinski definition) is 1. The fourth-order valence-electron chi connectivity index (χ4n) is 1.84. The number of thiophene rings is 1. The molecule has 0 aliphatic carbocycles. The molecule has 0 aliphatic rings. The lowest BCUT2D eigenvalue weighted by Gasteiger charge is -2.21. The van der Waals surface area contributed by atoms with E-state index in [-0.39, 0.29) is 23.0 Å². The predicted molar refractivity (Wildman–Crippen MR) is 83.6 cm³/mol. The van der Waals surface area contributed by atoms with E-state index in [9.17, 15) is 4.79 Å². The Labute approximate surface area is 131 Å². The van der Waals surface area contributed by atoms with Crippen LogP contribution < -0.4 is 5.32 Å². The number of carbonyl (C=O) groups excluding carboxylic acids is 1. The maximum Gasteiger partial charge on any atom is 0.253 e. The SMILES string of the molecule is CC(C)C(NC(=O)c1cc(Cl)ncc1Cl)c1cccs1. The van der Waals surface area contributed by atoms with E-state index in [2.05, 4.69) is 24.1 Å². The minimum absolute atomic E-state index is 0.0505. The molecule has 2 aromatic heterocycles. The first kappa shape index (κ1) is 15.3. The largest absolute Gasteiger partial charge is 0.344 e. The van der Waals surface area contributed by atoms with Crippen LogP contribution >= 0.6 is 34.5 Å². The van der Waals surface area contributed by atoms with Gasteiger partial charge in [0.2, 0.25) is 0 Å². The normalized spacial score (nSPS) is 12.4. The first-order chi connectivity index (χ1) is 9.49. The van der Waals surface area contributed by atoms with Gasteiger partial charge in [0.15, 0.2) is 0 Å². The van der Waals surface area contributed by atoms with Gasteiger partial charge in [0.25, 0.3) is 5.91 Å². The lowest BCUT2D eigenvalue weighted by molar-refractivity contribution is 0.0926. The summed E-state index contributed by atoms with van der Waals surface area (Å²) >= 11 is 13.4. The monoisotopic (exact) mass is 328 g/mol. The molecule has 0 radical (unpaired) electrons. The van der Waals surface area contributed by atoms with Gasteiger partial charge in [0.05, 0.1) is 16.6 Å². The Bertz CT molecular complexity index is 599. The zero-order valence-electron chi connectivity index (χ0n) is 11.1. The molecule has 2 heterocycles. The van der Waals surface area contributed by atoms with Crippen LogP contribution in [0.2, 0.25) is 10.2 Å². The van der Waals surface area contributed by atoms with Crippen LogP contribution in [-0.2, 0) is 0 Å². The highest BCUT2D eigenvalue weighted by Gasteiger charge is 2.21. The maximum absolute atomic E-state index is 12.4. The summed E-state index contributed by atoms with van der Waals surface area (Å²) < 4.78 is 0. The summed E-state index contributed by atoms with van der Waals surface area (Å²) in [6.07, 6.45) is 1.38. The number of rotatable bonds is 4. The predicted octanol–water partition coefficient (Wildman–Crippen LogP) is 4.58. The van der Waals surface area contributed by atoms with Gasteiger partial charge in [0.1, 0.15) is 5.15 Å². The quantitative estimate of drug-likeness (QED) is 0.835. The number of hydrogen-bond acceptors (Lipinski definition) is 3. The molecule has 2 aromatic rings. The highest BCUT2D eigenvalue weighted by atomic mass is 35.5. The third-order valence-electron chi connectivity index (χ3n) is 2.87. The number of pyridine rings is 1. The smallest absolute Gasteiger partial charge is 0.253 e. The zero-order valence-corrected chi connectivity index (χ0v) is 13.4. The molecule has 1 unspecified atom stereocenters. The fraction of sp³-hybridized carbons (Fsp3) is 0.286. The molecule has 0 bridgehead atoms. The van der Waals surface area contributed by atoms with Crippen LogP contribution in [0, 0.1) is 5.92 Å². The number of halogens is 2. The Kier molecular flexibility index (Phi) is 5.02. The first-order valence-corrected chi connectivity index (χ1v) is 7.78. The van der Waals surface area contributed by atoms with Gasteiger partial charge < -0.3 is 5.32 Å². The topological polar surface area (TPSA) is 42.0 Å².